The van der Waals surface area contributed by atoms with Crippen molar-refractivity contribution in [1.82, 2.24) is 4.90 Å². The van der Waals surface area contributed by atoms with Crippen LogP contribution < -0.4 is 9.13 Å². The molecule has 2 aromatic rings. The Labute approximate surface area is 282 Å². The Morgan fingerprint density at radius 1 is 0.864 bits per heavy atom. The van der Waals surface area contributed by atoms with Crippen LogP contribution in [0.3, 0.4) is 0 Å². The highest BCUT2D eigenvalue weighted by Gasteiger charge is 2.42. The van der Waals surface area contributed by atoms with E-state index < -0.39 is 0 Å². The van der Waals surface area contributed by atoms with Crippen LogP contribution in [0.25, 0.3) is 0 Å². The normalized spacial score (nSPS) is 26.1. The van der Waals surface area contributed by atoms with Crippen LogP contribution in [0.5, 0.6) is 0 Å². The summed E-state index contributed by atoms with van der Waals surface area (Å²) in [5.41, 5.74) is 8.38. The lowest BCUT2D eigenvalue weighted by Gasteiger charge is -2.26. The average molecular weight is 656 g/mol. The second kappa shape index (κ2) is 17.5. The van der Waals surface area contributed by atoms with Crippen LogP contribution in [-0.4, -0.2) is 11.4 Å². The molecule has 0 aromatic carbocycles. The molecular formula is C38H61N3S3+2. The molecule has 3 nitrogen and oxygen atoms in total. The van der Waals surface area contributed by atoms with E-state index in [4.69, 9.17) is 0 Å². The Morgan fingerprint density at radius 3 is 2.30 bits per heavy atom. The van der Waals surface area contributed by atoms with Gasteiger partial charge in [-0.2, -0.15) is 9.13 Å². The molecule has 2 aliphatic rings. The fraction of sp³-hybridized carbons (Fsp3) is 0.684. The Hall–Kier alpha value is -1.37. The Bertz CT molecular complexity index is 1270. The molecule has 0 N–H and O–H groups in total. The second-order valence-electron chi connectivity index (χ2n) is 13.7. The van der Waals surface area contributed by atoms with Gasteiger partial charge in [-0.05, 0) is 50.5 Å². The standard InChI is InChI=1S/C38H61N3S3/c1-9-11-13-15-17-21-39-27-42-26-36(39)35-23-34(19-20-37-40(28(3)24-43-37)22-18-16-14-12-10-2)32(7)33(8)41-29(4)25-44-38(41)31(6)30(35)5/h19-20,24-27,30-33,35H,9-18,21-23H2,1-8H3/q+2/b34-19-,37-20+. The zero-order valence-electron chi connectivity index (χ0n) is 29.1. The van der Waals surface area contributed by atoms with Crippen molar-refractivity contribution >= 4 is 34.4 Å². The number of nitrogens with zero attached hydrogens (tertiary/aromatic N) is 3. The largest absolute Gasteiger partial charge is 0.339 e. The summed E-state index contributed by atoms with van der Waals surface area (Å²) in [6, 6.07) is 0.438. The Morgan fingerprint density at radius 2 is 1.57 bits per heavy atom. The number of aromatic nitrogens is 2. The van der Waals surface area contributed by atoms with E-state index in [1.165, 1.54) is 80.6 Å². The van der Waals surface area contributed by atoms with Gasteiger partial charge in [0.1, 0.15) is 6.54 Å². The van der Waals surface area contributed by atoms with Gasteiger partial charge in [-0.1, -0.05) is 126 Å². The molecule has 0 fully saturated rings. The molecule has 0 spiro atoms. The van der Waals surface area contributed by atoms with Gasteiger partial charge < -0.3 is 4.90 Å². The highest BCUT2D eigenvalue weighted by atomic mass is 32.2. The number of thiazole rings is 2. The molecule has 5 atom stereocenters. The number of hydrogen-bond donors (Lipinski definition) is 0. The SMILES string of the molecule is CCCCCCCN1C(C)=CS/C1=C/C=C1/CC(c2csc[n+]2CCCCCCC)C(C)C(C)c2scc(C)[n+]2C(C)C1C. The van der Waals surface area contributed by atoms with Gasteiger partial charge in [-0.3, -0.25) is 0 Å². The minimum atomic E-state index is 0.438. The lowest BCUT2D eigenvalue weighted by atomic mass is 9.77. The molecule has 0 aliphatic carbocycles. The molecule has 4 heterocycles. The van der Waals surface area contributed by atoms with Gasteiger partial charge in [-0.15, -0.1) is 0 Å². The van der Waals surface area contributed by atoms with Gasteiger partial charge in [0.05, 0.1) is 27.6 Å². The van der Waals surface area contributed by atoms with Crippen LogP contribution in [0.4, 0.5) is 0 Å². The molecule has 2 aromatic heterocycles. The summed E-state index contributed by atoms with van der Waals surface area (Å²) in [7, 11) is 0. The van der Waals surface area contributed by atoms with Crippen molar-refractivity contribution in [2.24, 2.45) is 11.8 Å². The third kappa shape index (κ3) is 8.70. The maximum Gasteiger partial charge on any atom is 0.240 e. The first kappa shape index (κ1) is 35.5. The van der Waals surface area contributed by atoms with Crippen molar-refractivity contribution in [1.29, 1.82) is 0 Å². The van der Waals surface area contributed by atoms with E-state index in [9.17, 15) is 0 Å². The van der Waals surface area contributed by atoms with Crippen LogP contribution in [0.1, 0.15) is 153 Å². The number of thioether (sulfide) groups is 1. The summed E-state index contributed by atoms with van der Waals surface area (Å²) in [5.74, 6) is 2.04. The predicted molar refractivity (Wildman–Crippen MR) is 194 cm³/mol. The number of rotatable bonds is 14. The lowest BCUT2D eigenvalue weighted by Crippen LogP contribution is -2.46. The van der Waals surface area contributed by atoms with Gasteiger partial charge >= 0.3 is 0 Å². The molecular weight excluding hydrogens is 595 g/mol. The van der Waals surface area contributed by atoms with E-state index in [0.29, 0.717) is 29.7 Å². The van der Waals surface area contributed by atoms with E-state index >= 15 is 0 Å². The van der Waals surface area contributed by atoms with Crippen molar-refractivity contribution in [3.63, 3.8) is 0 Å². The number of aryl methyl sites for hydroxylation is 2. The highest BCUT2D eigenvalue weighted by Crippen LogP contribution is 2.44. The quantitative estimate of drug-likeness (QED) is 0.148. The van der Waals surface area contributed by atoms with Gasteiger partial charge in [0.25, 0.3) is 0 Å². The molecule has 6 heteroatoms. The molecule has 244 valence electrons. The summed E-state index contributed by atoms with van der Waals surface area (Å²) in [4.78, 5) is 2.57. The van der Waals surface area contributed by atoms with E-state index in [2.05, 4.69) is 103 Å². The van der Waals surface area contributed by atoms with Gasteiger partial charge in [0, 0.05) is 31.5 Å². The maximum atomic E-state index is 2.69. The fourth-order valence-corrected chi connectivity index (χ4v) is 10.3. The summed E-state index contributed by atoms with van der Waals surface area (Å²) in [6.45, 7) is 21.5. The van der Waals surface area contributed by atoms with Crippen molar-refractivity contribution in [3.8, 4) is 0 Å². The third-order valence-electron chi connectivity index (χ3n) is 10.5. The van der Waals surface area contributed by atoms with E-state index in [0.717, 1.165) is 19.5 Å². The molecule has 0 saturated heterocycles. The van der Waals surface area contributed by atoms with Crippen molar-refractivity contribution in [2.75, 3.05) is 6.54 Å². The van der Waals surface area contributed by atoms with Crippen LogP contribution in [0.15, 0.2) is 50.1 Å². The third-order valence-corrected chi connectivity index (χ3v) is 13.6. The van der Waals surface area contributed by atoms with Crippen molar-refractivity contribution in [3.05, 3.63) is 66.5 Å². The topological polar surface area (TPSA) is 11.0 Å². The van der Waals surface area contributed by atoms with Gasteiger partial charge in [-0.25, -0.2) is 0 Å². The summed E-state index contributed by atoms with van der Waals surface area (Å²) >= 11 is 5.80. The molecule has 0 amide bonds. The van der Waals surface area contributed by atoms with Crippen molar-refractivity contribution < 1.29 is 9.13 Å². The molecule has 44 heavy (non-hydrogen) atoms. The zero-order chi connectivity index (χ0) is 31.6. The minimum Gasteiger partial charge on any atom is -0.339 e. The zero-order valence-corrected chi connectivity index (χ0v) is 31.6. The minimum absolute atomic E-state index is 0.438. The first-order chi connectivity index (χ1) is 21.3. The molecule has 2 aliphatic heterocycles. The van der Waals surface area contributed by atoms with E-state index in [-0.39, 0.29) is 0 Å². The first-order valence-corrected chi connectivity index (χ1v) is 20.4. The number of hydrogen-bond acceptors (Lipinski definition) is 4. The number of fused-ring (bicyclic) bond motifs is 1. The van der Waals surface area contributed by atoms with Crippen molar-refractivity contribution in [2.45, 2.75) is 150 Å². The highest BCUT2D eigenvalue weighted by molar-refractivity contribution is 8.06. The maximum absolute atomic E-state index is 2.69. The molecule has 5 unspecified atom stereocenters. The van der Waals surface area contributed by atoms with Crippen LogP contribution in [0, 0.1) is 18.8 Å². The summed E-state index contributed by atoms with van der Waals surface area (Å²) in [6.07, 6.45) is 19.4. The van der Waals surface area contributed by atoms with Crippen LogP contribution in [-0.2, 0) is 6.54 Å². The fourth-order valence-electron chi connectivity index (χ4n) is 7.19. The predicted octanol–water partition coefficient (Wildman–Crippen LogP) is 11.4. The lowest BCUT2D eigenvalue weighted by molar-refractivity contribution is -0.733. The van der Waals surface area contributed by atoms with Gasteiger partial charge in [0.15, 0.2) is 17.4 Å². The van der Waals surface area contributed by atoms with Crippen LogP contribution in [0.2, 0.25) is 0 Å². The Kier molecular flexibility index (Phi) is 14.1. The smallest absolute Gasteiger partial charge is 0.240 e. The molecule has 4 rings (SSSR count). The first-order valence-electron chi connectivity index (χ1n) is 17.7. The summed E-state index contributed by atoms with van der Waals surface area (Å²) in [5, 5.41) is 10.2. The van der Waals surface area contributed by atoms with E-state index in [1.54, 1.807) is 16.3 Å². The monoisotopic (exact) mass is 655 g/mol. The summed E-state index contributed by atoms with van der Waals surface area (Å²) < 4.78 is 5.31. The molecule has 0 bridgehead atoms. The molecule has 0 saturated carbocycles. The number of unbranched alkanes of at least 4 members (excludes halogenated alkanes) is 8. The molecule has 0 radical (unpaired) electrons. The van der Waals surface area contributed by atoms with Gasteiger partial charge in [0.2, 0.25) is 10.5 Å². The average Bonchev–Trinajstić information content (AvgIpc) is 3.74. The Balaban J connectivity index is 1.66. The van der Waals surface area contributed by atoms with E-state index in [1.807, 2.05) is 34.4 Å². The second-order valence-corrected chi connectivity index (χ2v) is 16.2. The van der Waals surface area contributed by atoms with Crippen LogP contribution >= 0.6 is 34.4 Å². The number of allylic oxidation sites excluding steroid dienone is 4.